The van der Waals surface area contributed by atoms with Crippen LogP contribution < -0.4 is 10.2 Å². The monoisotopic (exact) mass is 372 g/mol. The van der Waals surface area contributed by atoms with Crippen LogP contribution in [0.5, 0.6) is 0 Å². The van der Waals surface area contributed by atoms with Gasteiger partial charge < -0.3 is 5.32 Å². The molecule has 0 bridgehead atoms. The topological polar surface area (TPSA) is 66.5 Å². The van der Waals surface area contributed by atoms with E-state index in [9.17, 15) is 14.4 Å². The van der Waals surface area contributed by atoms with Gasteiger partial charge in [0.15, 0.2) is 0 Å². The van der Waals surface area contributed by atoms with Crippen LogP contribution in [0.15, 0.2) is 53.0 Å². The molecular weight excluding hydrogens is 360 g/mol. The van der Waals surface area contributed by atoms with Crippen LogP contribution in [0.25, 0.3) is 0 Å². The largest absolute Gasteiger partial charge is 0.320 e. The van der Waals surface area contributed by atoms with Gasteiger partial charge in [0.1, 0.15) is 0 Å². The molecule has 5 nitrogen and oxygen atoms in total. The first-order chi connectivity index (χ1) is 11.1. The summed E-state index contributed by atoms with van der Waals surface area (Å²) in [5, 5.41) is 2.77. The second-order valence-electron chi connectivity index (χ2n) is 5.10. The van der Waals surface area contributed by atoms with Crippen LogP contribution in [0, 0.1) is 0 Å². The normalized spacial score (nSPS) is 14.2. The molecule has 1 aliphatic rings. The molecule has 116 valence electrons. The minimum absolute atomic E-state index is 0.201. The number of benzene rings is 2. The number of hydrogen-bond donors (Lipinski definition) is 1. The van der Waals surface area contributed by atoms with Crippen molar-refractivity contribution in [2.24, 2.45) is 0 Å². The fraction of sp³-hybridized carbons (Fsp3) is 0.118. The zero-order valence-electron chi connectivity index (χ0n) is 12.1. The second-order valence-corrected chi connectivity index (χ2v) is 6.02. The summed E-state index contributed by atoms with van der Waals surface area (Å²) in [5.41, 5.74) is 1.32. The van der Waals surface area contributed by atoms with E-state index in [1.54, 1.807) is 42.5 Å². The zero-order chi connectivity index (χ0) is 16.4. The third-order valence-electron chi connectivity index (χ3n) is 3.53. The van der Waals surface area contributed by atoms with E-state index in [1.807, 2.05) is 6.07 Å². The SMILES string of the molecule is O=C(Nc1ccccc1N1C(=O)CCC1=O)c1cccc(Br)c1. The average Bonchev–Trinajstić information content (AvgIpc) is 2.87. The van der Waals surface area contributed by atoms with Gasteiger partial charge in [0.25, 0.3) is 5.91 Å². The number of amides is 3. The zero-order valence-corrected chi connectivity index (χ0v) is 13.7. The summed E-state index contributed by atoms with van der Waals surface area (Å²) in [6.45, 7) is 0. The molecule has 0 unspecified atom stereocenters. The van der Waals surface area contributed by atoms with Gasteiger partial charge in [-0.2, -0.15) is 0 Å². The van der Waals surface area contributed by atoms with E-state index < -0.39 is 0 Å². The molecule has 1 N–H and O–H groups in total. The van der Waals surface area contributed by atoms with E-state index in [1.165, 1.54) is 0 Å². The van der Waals surface area contributed by atoms with Gasteiger partial charge in [-0.05, 0) is 30.3 Å². The van der Waals surface area contributed by atoms with E-state index in [2.05, 4.69) is 21.2 Å². The Kier molecular flexibility index (Phi) is 4.25. The van der Waals surface area contributed by atoms with Gasteiger partial charge in [-0.3, -0.25) is 14.4 Å². The van der Waals surface area contributed by atoms with Crippen LogP contribution in [-0.4, -0.2) is 17.7 Å². The Hall–Kier alpha value is -2.47. The maximum absolute atomic E-state index is 12.4. The highest BCUT2D eigenvalue weighted by Crippen LogP contribution is 2.30. The number of halogens is 1. The predicted molar refractivity (Wildman–Crippen MR) is 90.3 cm³/mol. The molecule has 2 aromatic carbocycles. The summed E-state index contributed by atoms with van der Waals surface area (Å²) in [6.07, 6.45) is 0.402. The van der Waals surface area contributed by atoms with Gasteiger partial charge >= 0.3 is 0 Å². The Balaban J connectivity index is 1.91. The number of rotatable bonds is 3. The number of anilines is 2. The van der Waals surface area contributed by atoms with Crippen molar-refractivity contribution in [2.45, 2.75) is 12.8 Å². The lowest BCUT2D eigenvalue weighted by molar-refractivity contribution is -0.121. The predicted octanol–water partition coefficient (Wildman–Crippen LogP) is 3.35. The first-order valence-electron chi connectivity index (χ1n) is 7.08. The van der Waals surface area contributed by atoms with Gasteiger partial charge in [0.05, 0.1) is 11.4 Å². The van der Waals surface area contributed by atoms with Crippen LogP contribution in [0.1, 0.15) is 23.2 Å². The lowest BCUT2D eigenvalue weighted by Crippen LogP contribution is -2.29. The lowest BCUT2D eigenvalue weighted by atomic mass is 10.2. The van der Waals surface area contributed by atoms with Gasteiger partial charge in [0.2, 0.25) is 11.8 Å². The van der Waals surface area contributed by atoms with Crippen molar-refractivity contribution < 1.29 is 14.4 Å². The van der Waals surface area contributed by atoms with Crippen molar-refractivity contribution in [1.82, 2.24) is 0 Å². The third-order valence-corrected chi connectivity index (χ3v) is 4.02. The number of hydrogen-bond acceptors (Lipinski definition) is 3. The van der Waals surface area contributed by atoms with Gasteiger partial charge in [-0.1, -0.05) is 34.1 Å². The average molecular weight is 373 g/mol. The summed E-state index contributed by atoms with van der Waals surface area (Å²) >= 11 is 3.32. The molecule has 1 saturated heterocycles. The standard InChI is InChI=1S/C17H13BrN2O3/c18-12-5-3-4-11(10-12)17(23)19-13-6-1-2-7-14(13)20-15(21)8-9-16(20)22/h1-7,10H,8-9H2,(H,19,23). The Morgan fingerprint density at radius 1 is 1.00 bits per heavy atom. The van der Waals surface area contributed by atoms with Crippen LogP contribution in [0.4, 0.5) is 11.4 Å². The van der Waals surface area contributed by atoms with Crippen molar-refractivity contribution in [1.29, 1.82) is 0 Å². The molecule has 0 aliphatic carbocycles. The van der Waals surface area contributed by atoms with E-state index in [-0.39, 0.29) is 30.6 Å². The number of nitrogens with zero attached hydrogens (tertiary/aromatic N) is 1. The maximum atomic E-state index is 12.4. The van der Waals surface area contributed by atoms with Crippen LogP contribution in [-0.2, 0) is 9.59 Å². The highest BCUT2D eigenvalue weighted by atomic mass is 79.9. The van der Waals surface area contributed by atoms with E-state index >= 15 is 0 Å². The van der Waals surface area contributed by atoms with Crippen molar-refractivity contribution >= 4 is 45.0 Å². The van der Waals surface area contributed by atoms with Crippen molar-refractivity contribution in [3.05, 3.63) is 58.6 Å². The lowest BCUT2D eigenvalue weighted by Gasteiger charge is -2.18. The molecule has 3 amide bonds. The molecule has 1 heterocycles. The highest BCUT2D eigenvalue weighted by molar-refractivity contribution is 9.10. The highest BCUT2D eigenvalue weighted by Gasteiger charge is 2.31. The Labute approximate surface area is 141 Å². The quantitative estimate of drug-likeness (QED) is 0.840. The molecule has 6 heteroatoms. The van der Waals surface area contributed by atoms with Crippen LogP contribution in [0.3, 0.4) is 0 Å². The number of nitrogens with one attached hydrogen (secondary N) is 1. The summed E-state index contributed by atoms with van der Waals surface area (Å²) in [4.78, 5) is 37.4. The minimum Gasteiger partial charge on any atom is -0.320 e. The fourth-order valence-electron chi connectivity index (χ4n) is 2.44. The Bertz CT molecular complexity index is 788. The van der Waals surface area contributed by atoms with Crippen LogP contribution in [0.2, 0.25) is 0 Å². The number of carbonyl (C=O) groups excluding carboxylic acids is 3. The molecular formula is C17H13BrN2O3. The smallest absolute Gasteiger partial charge is 0.255 e. The first-order valence-corrected chi connectivity index (χ1v) is 7.87. The molecule has 2 aromatic rings. The molecule has 1 aliphatic heterocycles. The van der Waals surface area contributed by atoms with Crippen molar-refractivity contribution in [3.63, 3.8) is 0 Å². The van der Waals surface area contributed by atoms with E-state index in [0.717, 1.165) is 9.37 Å². The minimum atomic E-state index is -0.308. The molecule has 0 saturated carbocycles. The second kappa shape index (κ2) is 6.34. The summed E-state index contributed by atoms with van der Waals surface area (Å²) in [7, 11) is 0. The van der Waals surface area contributed by atoms with Crippen LogP contribution >= 0.6 is 15.9 Å². The summed E-state index contributed by atoms with van der Waals surface area (Å²) < 4.78 is 0.795. The van der Waals surface area contributed by atoms with Crippen molar-refractivity contribution in [3.8, 4) is 0 Å². The van der Waals surface area contributed by atoms with Gasteiger partial charge in [-0.25, -0.2) is 4.90 Å². The van der Waals surface area contributed by atoms with E-state index in [0.29, 0.717) is 16.9 Å². The molecule has 1 fully saturated rings. The molecule has 0 atom stereocenters. The van der Waals surface area contributed by atoms with Crippen molar-refractivity contribution in [2.75, 3.05) is 10.2 Å². The first kappa shape index (κ1) is 15.4. The molecule has 23 heavy (non-hydrogen) atoms. The molecule has 3 rings (SSSR count). The number of carbonyl (C=O) groups is 3. The Morgan fingerprint density at radius 3 is 2.39 bits per heavy atom. The fourth-order valence-corrected chi connectivity index (χ4v) is 2.84. The Morgan fingerprint density at radius 2 is 1.70 bits per heavy atom. The summed E-state index contributed by atoms with van der Waals surface area (Å²) in [5.74, 6) is -0.809. The molecule has 0 spiro atoms. The molecule has 0 radical (unpaired) electrons. The summed E-state index contributed by atoms with van der Waals surface area (Å²) in [6, 6.07) is 13.8. The van der Waals surface area contributed by atoms with Gasteiger partial charge in [0, 0.05) is 22.9 Å². The third kappa shape index (κ3) is 3.17. The van der Waals surface area contributed by atoms with E-state index in [4.69, 9.17) is 0 Å². The number of imide groups is 1. The van der Waals surface area contributed by atoms with Gasteiger partial charge in [-0.15, -0.1) is 0 Å². The number of para-hydroxylation sites is 2. The maximum Gasteiger partial charge on any atom is 0.255 e. The molecule has 0 aromatic heterocycles.